The lowest BCUT2D eigenvalue weighted by Gasteiger charge is -2.21. The molecule has 2 aromatic rings. The monoisotopic (exact) mass is 582 g/mol. The minimum absolute atomic E-state index is 0.113. The fraction of sp³-hybridized carbons (Fsp3) is 0.419. The van der Waals surface area contributed by atoms with Crippen molar-refractivity contribution in [2.75, 3.05) is 37.6 Å². The van der Waals surface area contributed by atoms with Crippen LogP contribution in [-0.2, 0) is 30.2 Å². The predicted molar refractivity (Wildman–Crippen MR) is 162 cm³/mol. The van der Waals surface area contributed by atoms with E-state index in [-0.39, 0.29) is 19.8 Å². The molecule has 42 heavy (non-hydrogen) atoms. The highest BCUT2D eigenvalue weighted by Crippen LogP contribution is 2.32. The lowest BCUT2D eigenvalue weighted by Crippen LogP contribution is -2.31. The summed E-state index contributed by atoms with van der Waals surface area (Å²) in [6, 6.07) is 8.45. The molecule has 2 rings (SSSR count). The number of hydrogen-bond donors (Lipinski definition) is 3. The topological polar surface area (TPSA) is 137 Å². The van der Waals surface area contributed by atoms with Crippen LogP contribution in [-0.4, -0.2) is 61.7 Å². The lowest BCUT2D eigenvalue weighted by molar-refractivity contribution is -0.143. The molecule has 1 aromatic heterocycles. The van der Waals surface area contributed by atoms with E-state index < -0.39 is 29.8 Å². The van der Waals surface area contributed by atoms with Gasteiger partial charge in [0, 0.05) is 42.1 Å². The molecule has 11 heteroatoms. The maximum atomic E-state index is 12.6. The van der Waals surface area contributed by atoms with E-state index in [0.29, 0.717) is 30.6 Å². The number of nitrogens with one attached hydrogen (secondary N) is 3. The summed E-state index contributed by atoms with van der Waals surface area (Å²) in [5, 5.41) is 8.55. The fourth-order valence-corrected chi connectivity index (χ4v) is 3.71. The molecule has 0 bridgehead atoms. The highest BCUT2D eigenvalue weighted by Gasteiger charge is 2.21. The zero-order chi connectivity index (χ0) is 31.0. The lowest BCUT2D eigenvalue weighted by atomic mass is 10.0. The largest absolute Gasteiger partial charge is 0.464 e. The number of carbonyl (C=O) groups is 3. The third kappa shape index (κ3) is 12.4. The van der Waals surface area contributed by atoms with Gasteiger partial charge < -0.3 is 24.3 Å². The first-order chi connectivity index (χ1) is 20.1. The SMILES string of the molecule is C=CCC(Nc1cc(NC(=O)OCCOC)ccc1-c1ccnc(CCC=CNC(=O)OC(C)(C)C)c1)C(=O)OCC. The van der Waals surface area contributed by atoms with Crippen molar-refractivity contribution in [1.82, 2.24) is 10.3 Å². The molecule has 0 fully saturated rings. The second kappa shape index (κ2) is 17.4. The van der Waals surface area contributed by atoms with Crippen LogP contribution in [0.15, 0.2) is 61.5 Å². The number of allylic oxidation sites excluding steroid dienone is 1. The van der Waals surface area contributed by atoms with Crippen molar-refractivity contribution in [3.05, 3.63) is 67.2 Å². The second-order valence-electron chi connectivity index (χ2n) is 10.1. The van der Waals surface area contributed by atoms with Gasteiger partial charge in [0.15, 0.2) is 0 Å². The molecule has 0 aliphatic rings. The number of esters is 1. The Morgan fingerprint density at radius 1 is 1.07 bits per heavy atom. The molecule has 1 heterocycles. The molecule has 1 atom stereocenters. The van der Waals surface area contributed by atoms with Gasteiger partial charge in [-0.3, -0.25) is 15.6 Å². The van der Waals surface area contributed by atoms with Crippen LogP contribution < -0.4 is 16.0 Å². The van der Waals surface area contributed by atoms with Crippen LogP contribution in [0.5, 0.6) is 0 Å². The van der Waals surface area contributed by atoms with E-state index in [0.717, 1.165) is 16.8 Å². The summed E-state index contributed by atoms with van der Waals surface area (Å²) in [4.78, 5) is 41.1. The Morgan fingerprint density at radius 2 is 1.86 bits per heavy atom. The van der Waals surface area contributed by atoms with E-state index in [1.807, 2.05) is 24.3 Å². The molecule has 3 N–H and O–H groups in total. The Labute approximate surface area is 247 Å². The first-order valence-corrected chi connectivity index (χ1v) is 13.8. The molecule has 0 spiro atoms. The van der Waals surface area contributed by atoms with E-state index >= 15 is 0 Å². The van der Waals surface area contributed by atoms with E-state index in [9.17, 15) is 14.4 Å². The maximum absolute atomic E-state index is 12.6. The number of hydrogen-bond acceptors (Lipinski definition) is 9. The summed E-state index contributed by atoms with van der Waals surface area (Å²) in [6.07, 6.45) is 7.19. The molecule has 2 amide bonds. The number of aryl methyl sites for hydroxylation is 1. The highest BCUT2D eigenvalue weighted by atomic mass is 16.6. The zero-order valence-electron chi connectivity index (χ0n) is 25.0. The number of amides is 2. The van der Waals surface area contributed by atoms with Crippen LogP contribution in [0.4, 0.5) is 21.0 Å². The van der Waals surface area contributed by atoms with Crippen molar-refractivity contribution in [3.63, 3.8) is 0 Å². The van der Waals surface area contributed by atoms with Gasteiger partial charge in [-0.1, -0.05) is 18.2 Å². The minimum atomic E-state index is -0.686. The van der Waals surface area contributed by atoms with E-state index in [1.165, 1.54) is 7.11 Å². The molecule has 0 radical (unpaired) electrons. The average Bonchev–Trinajstić information content (AvgIpc) is 2.92. The van der Waals surface area contributed by atoms with E-state index in [4.69, 9.17) is 18.9 Å². The first kappa shape index (κ1) is 33.8. The van der Waals surface area contributed by atoms with Crippen molar-refractivity contribution in [2.24, 2.45) is 0 Å². The summed E-state index contributed by atoms with van der Waals surface area (Å²) in [5.41, 5.74) is 2.98. The van der Waals surface area contributed by atoms with Crippen LogP contribution in [0.2, 0.25) is 0 Å². The Morgan fingerprint density at radius 3 is 2.55 bits per heavy atom. The number of rotatable bonds is 15. The number of benzene rings is 1. The molecule has 0 aliphatic heterocycles. The van der Waals surface area contributed by atoms with Crippen LogP contribution >= 0.6 is 0 Å². The Bertz CT molecular complexity index is 1220. The molecule has 0 aliphatic carbocycles. The summed E-state index contributed by atoms with van der Waals surface area (Å²) in [7, 11) is 1.52. The van der Waals surface area contributed by atoms with Crippen LogP contribution in [0.25, 0.3) is 11.1 Å². The average molecular weight is 583 g/mol. The van der Waals surface area contributed by atoms with E-state index in [2.05, 4.69) is 27.5 Å². The summed E-state index contributed by atoms with van der Waals surface area (Å²) < 4.78 is 20.5. The van der Waals surface area contributed by atoms with Gasteiger partial charge >= 0.3 is 18.2 Å². The molecule has 1 aromatic carbocycles. The number of methoxy groups -OCH3 is 1. The third-order valence-electron chi connectivity index (χ3n) is 5.50. The molecule has 0 saturated heterocycles. The summed E-state index contributed by atoms with van der Waals surface area (Å²) >= 11 is 0. The number of aromatic nitrogens is 1. The van der Waals surface area contributed by atoms with Gasteiger partial charge in [-0.15, -0.1) is 6.58 Å². The number of pyridine rings is 1. The number of ether oxygens (including phenoxy) is 4. The fourth-order valence-electron chi connectivity index (χ4n) is 3.71. The first-order valence-electron chi connectivity index (χ1n) is 13.8. The number of nitrogens with zero attached hydrogens (tertiary/aromatic N) is 1. The number of anilines is 2. The van der Waals surface area contributed by atoms with Crippen LogP contribution in [0.3, 0.4) is 0 Å². The Kier molecular flexibility index (Phi) is 14.0. The van der Waals surface area contributed by atoms with Gasteiger partial charge in [-0.2, -0.15) is 0 Å². The molecule has 0 saturated carbocycles. The second-order valence-corrected chi connectivity index (χ2v) is 10.1. The molecular formula is C31H42N4O7. The molecule has 1 unspecified atom stereocenters. The molecule has 11 nitrogen and oxygen atoms in total. The molecular weight excluding hydrogens is 540 g/mol. The predicted octanol–water partition coefficient (Wildman–Crippen LogP) is 5.83. The highest BCUT2D eigenvalue weighted by molar-refractivity contribution is 5.90. The van der Waals surface area contributed by atoms with Crippen LogP contribution in [0.1, 0.15) is 46.2 Å². The smallest absolute Gasteiger partial charge is 0.411 e. The van der Waals surface area contributed by atoms with Gasteiger partial charge in [0.05, 0.1) is 13.2 Å². The van der Waals surface area contributed by atoms with E-state index in [1.54, 1.807) is 58.3 Å². The van der Waals surface area contributed by atoms with Gasteiger partial charge in [-0.05, 0) is 76.8 Å². The Balaban J connectivity index is 2.25. The van der Waals surface area contributed by atoms with Gasteiger partial charge in [0.25, 0.3) is 0 Å². The molecule has 228 valence electrons. The van der Waals surface area contributed by atoms with Gasteiger partial charge in [0.2, 0.25) is 0 Å². The van der Waals surface area contributed by atoms with Crippen molar-refractivity contribution in [2.45, 2.75) is 58.6 Å². The summed E-state index contributed by atoms with van der Waals surface area (Å²) in [5.74, 6) is -0.414. The minimum Gasteiger partial charge on any atom is -0.464 e. The quantitative estimate of drug-likeness (QED) is 0.102. The van der Waals surface area contributed by atoms with Crippen LogP contribution in [0, 0.1) is 0 Å². The van der Waals surface area contributed by atoms with Gasteiger partial charge in [-0.25, -0.2) is 14.4 Å². The van der Waals surface area contributed by atoms with Crippen molar-refractivity contribution in [3.8, 4) is 11.1 Å². The van der Waals surface area contributed by atoms with Crippen molar-refractivity contribution >= 4 is 29.5 Å². The number of carbonyl (C=O) groups excluding carboxylic acids is 3. The standard InChI is InChI=1S/C31H42N4O7/c1-7-11-26(28(36)40-8-2)35-27-21-24(34-30(38)41-19-18-39-6)13-14-25(27)22-15-17-32-23(20-22)12-9-10-16-33-29(37)42-31(3,4)5/h7,10,13-17,20-21,26,35H,1,8-9,11-12,18-19H2,2-6H3,(H,33,37)(H,34,38). The number of alkyl carbamates (subject to hydrolysis) is 1. The Hall–Kier alpha value is -4.38. The maximum Gasteiger partial charge on any atom is 0.411 e. The third-order valence-corrected chi connectivity index (χ3v) is 5.50. The van der Waals surface area contributed by atoms with Crippen molar-refractivity contribution in [1.29, 1.82) is 0 Å². The van der Waals surface area contributed by atoms with Gasteiger partial charge in [0.1, 0.15) is 18.2 Å². The normalized spacial score (nSPS) is 11.8. The summed E-state index contributed by atoms with van der Waals surface area (Å²) in [6.45, 7) is 11.5. The zero-order valence-corrected chi connectivity index (χ0v) is 25.0. The van der Waals surface area contributed by atoms with Crippen molar-refractivity contribution < 1.29 is 33.3 Å².